The van der Waals surface area contributed by atoms with Gasteiger partial charge in [0, 0.05) is 12.2 Å². The lowest BCUT2D eigenvalue weighted by Crippen LogP contribution is -2.15. The monoisotopic (exact) mass is 334 g/mol. The van der Waals surface area contributed by atoms with Crippen LogP contribution in [0.2, 0.25) is 0 Å². The molecule has 0 aliphatic heterocycles. The molecule has 0 radical (unpaired) electrons. The van der Waals surface area contributed by atoms with E-state index in [2.05, 4.69) is 5.32 Å². The molecule has 0 bridgehead atoms. The molecule has 1 amide bonds. The molecule has 3 aromatic rings. The molecule has 118 valence electrons. The topological polar surface area (TPSA) is 51.1 Å². The summed E-state index contributed by atoms with van der Waals surface area (Å²) in [5, 5.41) is 2.46. The largest absolute Gasteiger partial charge is 0.322 e. The Morgan fingerprint density at radius 1 is 1.22 bits per heavy atom. The predicted molar refractivity (Wildman–Crippen MR) is 86.1 cm³/mol. The van der Waals surface area contributed by atoms with E-state index in [-0.39, 0.29) is 4.87 Å². The van der Waals surface area contributed by atoms with Crippen molar-refractivity contribution in [3.8, 4) is 0 Å². The van der Waals surface area contributed by atoms with Gasteiger partial charge in [-0.05, 0) is 37.3 Å². The zero-order valence-corrected chi connectivity index (χ0v) is 12.9. The van der Waals surface area contributed by atoms with E-state index < -0.39 is 23.1 Å². The molecule has 4 nitrogen and oxygen atoms in total. The van der Waals surface area contributed by atoms with Crippen molar-refractivity contribution in [3.63, 3.8) is 0 Å². The van der Waals surface area contributed by atoms with Crippen molar-refractivity contribution < 1.29 is 13.6 Å². The standard InChI is InChI=1S/C16H12F2N2O2S/c1-2-20-12-7-6-9(8-13(12)23-16(20)22)19-15(21)14-10(17)4-3-5-11(14)18/h3-8H,2H2,1H3,(H,19,21). The highest BCUT2D eigenvalue weighted by atomic mass is 32.1. The lowest BCUT2D eigenvalue weighted by atomic mass is 10.1. The highest BCUT2D eigenvalue weighted by Crippen LogP contribution is 2.23. The molecule has 0 aliphatic carbocycles. The molecule has 1 aromatic heterocycles. The number of rotatable bonds is 3. The van der Waals surface area contributed by atoms with Crippen molar-refractivity contribution in [2.45, 2.75) is 13.5 Å². The predicted octanol–water partition coefficient (Wildman–Crippen LogP) is 3.61. The first-order valence-corrected chi connectivity index (χ1v) is 7.71. The Morgan fingerprint density at radius 2 is 1.91 bits per heavy atom. The number of thiazole rings is 1. The Balaban J connectivity index is 1.96. The van der Waals surface area contributed by atoms with Gasteiger partial charge in [0.1, 0.15) is 17.2 Å². The summed E-state index contributed by atoms with van der Waals surface area (Å²) in [6.45, 7) is 2.41. The Bertz CT molecular complexity index is 942. The molecule has 1 N–H and O–H groups in total. The lowest BCUT2D eigenvalue weighted by molar-refractivity contribution is 0.101. The minimum Gasteiger partial charge on any atom is -0.322 e. The van der Waals surface area contributed by atoms with Crippen molar-refractivity contribution in [3.05, 3.63) is 63.3 Å². The van der Waals surface area contributed by atoms with Crippen LogP contribution in [0, 0.1) is 11.6 Å². The Labute approximate surface area is 134 Å². The highest BCUT2D eigenvalue weighted by molar-refractivity contribution is 7.16. The maximum atomic E-state index is 13.6. The number of amides is 1. The molecule has 3 rings (SSSR count). The van der Waals surface area contributed by atoms with Crippen molar-refractivity contribution in [2.24, 2.45) is 0 Å². The molecular formula is C16H12F2N2O2S. The maximum Gasteiger partial charge on any atom is 0.308 e. The van der Waals surface area contributed by atoms with Gasteiger partial charge in [-0.1, -0.05) is 17.4 Å². The molecule has 7 heteroatoms. The summed E-state index contributed by atoms with van der Waals surface area (Å²) >= 11 is 1.05. The highest BCUT2D eigenvalue weighted by Gasteiger charge is 2.17. The summed E-state index contributed by atoms with van der Waals surface area (Å²) in [6.07, 6.45) is 0. The van der Waals surface area contributed by atoms with Gasteiger partial charge < -0.3 is 5.32 Å². The van der Waals surface area contributed by atoms with Crippen LogP contribution in [0.5, 0.6) is 0 Å². The molecular weight excluding hydrogens is 322 g/mol. The lowest BCUT2D eigenvalue weighted by Gasteiger charge is -2.07. The fourth-order valence-electron chi connectivity index (χ4n) is 2.35. The summed E-state index contributed by atoms with van der Waals surface area (Å²) in [7, 11) is 0. The number of benzene rings is 2. The van der Waals surface area contributed by atoms with E-state index in [0.717, 1.165) is 29.0 Å². The number of hydrogen-bond donors (Lipinski definition) is 1. The average molecular weight is 334 g/mol. The van der Waals surface area contributed by atoms with Gasteiger partial charge in [-0.3, -0.25) is 14.2 Å². The molecule has 0 fully saturated rings. The summed E-state index contributed by atoms with van der Waals surface area (Å²) < 4.78 is 29.5. The first-order chi connectivity index (χ1) is 11.0. The zero-order chi connectivity index (χ0) is 16.6. The fraction of sp³-hybridized carbons (Fsp3) is 0.125. The molecule has 0 saturated heterocycles. The molecule has 0 aliphatic rings. The van der Waals surface area contributed by atoms with Crippen LogP contribution in [0.4, 0.5) is 14.5 Å². The van der Waals surface area contributed by atoms with Crippen LogP contribution in [0.25, 0.3) is 10.2 Å². The second-order valence-corrected chi connectivity index (χ2v) is 5.84. The molecule has 0 unspecified atom stereocenters. The second kappa shape index (κ2) is 5.92. The number of hydrogen-bond acceptors (Lipinski definition) is 3. The third kappa shape index (κ3) is 2.75. The summed E-state index contributed by atoms with van der Waals surface area (Å²) in [4.78, 5) is 23.8. The number of nitrogens with one attached hydrogen (secondary N) is 1. The van der Waals surface area contributed by atoms with Crippen molar-refractivity contribution >= 4 is 33.1 Å². The van der Waals surface area contributed by atoms with Crippen LogP contribution in [0.15, 0.2) is 41.2 Å². The minimum atomic E-state index is -0.926. The fourth-order valence-corrected chi connectivity index (χ4v) is 3.35. The van der Waals surface area contributed by atoms with Gasteiger partial charge in [-0.15, -0.1) is 0 Å². The van der Waals surface area contributed by atoms with E-state index in [1.807, 2.05) is 6.92 Å². The van der Waals surface area contributed by atoms with Crippen LogP contribution in [-0.2, 0) is 6.54 Å². The quantitative estimate of drug-likeness (QED) is 0.795. The van der Waals surface area contributed by atoms with Gasteiger partial charge in [0.05, 0.1) is 10.2 Å². The second-order valence-electron chi connectivity index (χ2n) is 4.85. The molecule has 0 atom stereocenters. The SMILES string of the molecule is CCn1c(=O)sc2cc(NC(=O)c3c(F)cccc3F)ccc21. The van der Waals surface area contributed by atoms with Crippen LogP contribution >= 0.6 is 11.3 Å². The third-order valence-electron chi connectivity index (χ3n) is 3.43. The average Bonchev–Trinajstić information content (AvgIpc) is 2.81. The maximum absolute atomic E-state index is 13.6. The van der Waals surface area contributed by atoms with E-state index in [9.17, 15) is 18.4 Å². The molecule has 0 spiro atoms. The zero-order valence-electron chi connectivity index (χ0n) is 12.1. The van der Waals surface area contributed by atoms with Gasteiger partial charge >= 0.3 is 4.87 Å². The number of anilines is 1. The summed E-state index contributed by atoms with van der Waals surface area (Å²) in [5.41, 5.74) is 0.499. The van der Waals surface area contributed by atoms with Crippen LogP contribution < -0.4 is 10.2 Å². The molecule has 2 aromatic carbocycles. The van der Waals surface area contributed by atoms with Gasteiger partial charge in [0.25, 0.3) is 5.91 Å². The van der Waals surface area contributed by atoms with E-state index in [1.165, 1.54) is 6.07 Å². The number of halogens is 2. The Kier molecular flexibility index (Phi) is 3.96. The number of carbonyl (C=O) groups is 1. The molecule has 0 saturated carbocycles. The van der Waals surface area contributed by atoms with Crippen LogP contribution in [0.1, 0.15) is 17.3 Å². The van der Waals surface area contributed by atoms with E-state index >= 15 is 0 Å². The number of aryl methyl sites for hydroxylation is 1. The molecule has 1 heterocycles. The number of aromatic nitrogens is 1. The van der Waals surface area contributed by atoms with Gasteiger partial charge in [0.2, 0.25) is 0 Å². The first kappa shape index (κ1) is 15.4. The van der Waals surface area contributed by atoms with Gasteiger partial charge in [-0.2, -0.15) is 0 Å². The summed E-state index contributed by atoms with van der Waals surface area (Å²) in [5.74, 6) is -2.72. The van der Waals surface area contributed by atoms with E-state index in [1.54, 1.807) is 22.8 Å². The van der Waals surface area contributed by atoms with Crippen molar-refractivity contribution in [2.75, 3.05) is 5.32 Å². The minimum absolute atomic E-state index is 0.0916. The van der Waals surface area contributed by atoms with E-state index in [0.29, 0.717) is 16.9 Å². The van der Waals surface area contributed by atoms with Gasteiger partial charge in [-0.25, -0.2) is 8.78 Å². The Morgan fingerprint density at radius 3 is 2.57 bits per heavy atom. The number of fused-ring (bicyclic) bond motifs is 1. The van der Waals surface area contributed by atoms with Crippen molar-refractivity contribution in [1.82, 2.24) is 4.57 Å². The normalized spacial score (nSPS) is 10.9. The van der Waals surface area contributed by atoms with Gasteiger partial charge in [0.15, 0.2) is 0 Å². The number of nitrogens with zero attached hydrogens (tertiary/aromatic N) is 1. The summed E-state index contributed by atoms with van der Waals surface area (Å²) in [6, 6.07) is 8.15. The third-order valence-corrected chi connectivity index (χ3v) is 4.37. The first-order valence-electron chi connectivity index (χ1n) is 6.90. The van der Waals surface area contributed by atoms with Crippen LogP contribution in [-0.4, -0.2) is 10.5 Å². The number of carbonyl (C=O) groups excluding carboxylic acids is 1. The molecule has 23 heavy (non-hydrogen) atoms. The smallest absolute Gasteiger partial charge is 0.308 e. The van der Waals surface area contributed by atoms with Crippen molar-refractivity contribution in [1.29, 1.82) is 0 Å². The van der Waals surface area contributed by atoms with E-state index in [4.69, 9.17) is 0 Å². The van der Waals surface area contributed by atoms with Crippen LogP contribution in [0.3, 0.4) is 0 Å². The Hall–Kier alpha value is -2.54.